The van der Waals surface area contributed by atoms with E-state index in [-0.39, 0.29) is 23.9 Å². The molecular weight excluding hydrogens is 304 g/mol. The first-order valence-electron chi connectivity index (χ1n) is 6.91. The maximum absolute atomic E-state index is 12.5. The summed E-state index contributed by atoms with van der Waals surface area (Å²) in [5.41, 5.74) is 1.03. The minimum absolute atomic E-state index is 0.00120. The van der Waals surface area contributed by atoms with Gasteiger partial charge in [-0.3, -0.25) is 9.59 Å². The van der Waals surface area contributed by atoms with Gasteiger partial charge in [-0.1, -0.05) is 4.49 Å². The first kappa shape index (κ1) is 13.3. The van der Waals surface area contributed by atoms with E-state index in [2.05, 4.69) is 19.6 Å². The Balaban J connectivity index is 1.61. The van der Waals surface area contributed by atoms with Crippen molar-refractivity contribution >= 4 is 29.0 Å². The Bertz CT molecular complexity index is 707. The molecule has 22 heavy (non-hydrogen) atoms. The second-order valence-electron chi connectivity index (χ2n) is 5.28. The third kappa shape index (κ3) is 1.97. The quantitative estimate of drug-likeness (QED) is 0.794. The molecule has 0 aromatic carbocycles. The third-order valence-corrected chi connectivity index (χ3v) is 4.66. The van der Waals surface area contributed by atoms with E-state index < -0.39 is 0 Å². The van der Waals surface area contributed by atoms with Gasteiger partial charge >= 0.3 is 0 Å². The first-order valence-corrected chi connectivity index (χ1v) is 7.74. The summed E-state index contributed by atoms with van der Waals surface area (Å²) >= 11 is 1.15. The van der Waals surface area contributed by atoms with Crippen LogP contribution in [0.2, 0.25) is 0 Å². The van der Waals surface area contributed by atoms with Crippen LogP contribution in [0.1, 0.15) is 23.3 Å². The molecule has 2 saturated heterocycles. The maximum atomic E-state index is 12.5. The molecule has 4 heterocycles. The van der Waals surface area contributed by atoms with E-state index in [9.17, 15) is 9.59 Å². The molecule has 9 heteroatoms. The lowest BCUT2D eigenvalue weighted by molar-refractivity contribution is -0.117. The molecule has 0 spiro atoms. The van der Waals surface area contributed by atoms with Gasteiger partial charge in [0.2, 0.25) is 5.91 Å². The van der Waals surface area contributed by atoms with Crippen molar-refractivity contribution in [1.29, 1.82) is 0 Å². The Labute approximate surface area is 130 Å². The number of aromatic nitrogens is 4. The van der Waals surface area contributed by atoms with E-state index in [1.165, 1.54) is 6.33 Å². The number of rotatable bonds is 2. The number of carbonyl (C=O) groups excluding carboxylic acids is 2. The van der Waals surface area contributed by atoms with E-state index in [1.54, 1.807) is 27.6 Å². The number of carbonyl (C=O) groups is 2. The Hall–Kier alpha value is -2.42. The summed E-state index contributed by atoms with van der Waals surface area (Å²) in [5, 5.41) is 5.46. The molecule has 2 aliphatic heterocycles. The lowest BCUT2D eigenvalue weighted by Gasteiger charge is -2.24. The number of anilines is 1. The van der Waals surface area contributed by atoms with E-state index in [4.69, 9.17) is 0 Å². The number of hydrogen-bond acceptors (Lipinski definition) is 7. The summed E-state index contributed by atoms with van der Waals surface area (Å²) in [4.78, 5) is 36.2. The molecule has 2 fully saturated rings. The molecule has 112 valence electrons. The summed E-state index contributed by atoms with van der Waals surface area (Å²) in [6.45, 7) is 0.614. The molecule has 0 radical (unpaired) electrons. The molecule has 2 aromatic rings. The lowest BCUT2D eigenvalue weighted by Crippen LogP contribution is -2.40. The Morgan fingerprint density at radius 3 is 2.82 bits per heavy atom. The van der Waals surface area contributed by atoms with E-state index in [0.29, 0.717) is 24.3 Å². The average molecular weight is 316 g/mol. The van der Waals surface area contributed by atoms with Crippen LogP contribution in [-0.2, 0) is 4.79 Å². The molecule has 0 N–H and O–H groups in total. The van der Waals surface area contributed by atoms with Crippen molar-refractivity contribution in [1.82, 2.24) is 24.5 Å². The summed E-state index contributed by atoms with van der Waals surface area (Å²) in [7, 11) is 0. The lowest BCUT2D eigenvalue weighted by atomic mass is 10.1. The SMILES string of the molecule is O=C(c1csnn1)N1CC[C@H]2[C@@H]1CC(=O)N2c1cncnc1. The number of fused-ring (bicyclic) bond motifs is 1. The van der Waals surface area contributed by atoms with Crippen LogP contribution >= 0.6 is 11.5 Å². The second kappa shape index (κ2) is 5.09. The summed E-state index contributed by atoms with van der Waals surface area (Å²) in [5.74, 6) is -0.154. The van der Waals surface area contributed by atoms with Gasteiger partial charge in [0, 0.05) is 18.3 Å². The van der Waals surface area contributed by atoms with Crippen LogP contribution in [0, 0.1) is 0 Å². The van der Waals surface area contributed by atoms with Gasteiger partial charge < -0.3 is 9.80 Å². The van der Waals surface area contributed by atoms with Crippen LogP contribution < -0.4 is 4.90 Å². The zero-order valence-electron chi connectivity index (χ0n) is 11.5. The van der Waals surface area contributed by atoms with Crippen molar-refractivity contribution in [3.63, 3.8) is 0 Å². The Morgan fingerprint density at radius 2 is 2.09 bits per heavy atom. The van der Waals surface area contributed by atoms with Crippen molar-refractivity contribution < 1.29 is 9.59 Å². The minimum Gasteiger partial charge on any atom is -0.332 e. The molecule has 2 aromatic heterocycles. The molecule has 0 bridgehead atoms. The van der Waals surface area contributed by atoms with Gasteiger partial charge in [-0.2, -0.15) is 0 Å². The van der Waals surface area contributed by atoms with Gasteiger partial charge in [-0.25, -0.2) is 9.97 Å². The summed E-state index contributed by atoms with van der Waals surface area (Å²) in [6.07, 6.45) is 5.75. The van der Waals surface area contributed by atoms with E-state index in [1.807, 2.05) is 0 Å². The van der Waals surface area contributed by atoms with Gasteiger partial charge in [-0.05, 0) is 18.0 Å². The van der Waals surface area contributed by atoms with Crippen molar-refractivity contribution in [3.05, 3.63) is 29.8 Å². The Kier molecular flexibility index (Phi) is 3.07. The van der Waals surface area contributed by atoms with Crippen molar-refractivity contribution in [2.24, 2.45) is 0 Å². The molecule has 2 amide bonds. The fourth-order valence-corrected chi connectivity index (χ4v) is 3.69. The monoisotopic (exact) mass is 316 g/mol. The molecular formula is C13H12N6O2S. The van der Waals surface area contributed by atoms with Crippen LogP contribution in [-0.4, -0.2) is 54.9 Å². The smallest absolute Gasteiger partial charge is 0.275 e. The van der Waals surface area contributed by atoms with Crippen LogP contribution in [0.5, 0.6) is 0 Å². The van der Waals surface area contributed by atoms with Crippen LogP contribution in [0.4, 0.5) is 5.69 Å². The van der Waals surface area contributed by atoms with Gasteiger partial charge in [0.25, 0.3) is 5.91 Å². The molecule has 4 rings (SSSR count). The van der Waals surface area contributed by atoms with E-state index >= 15 is 0 Å². The standard InChI is InChI=1S/C13H12N6O2S/c20-12-3-11-10(19(12)8-4-14-7-15-5-8)1-2-18(11)13(21)9-6-22-17-16-9/h4-7,10-11H,1-3H2/t10-,11-/m0/s1. The highest BCUT2D eigenvalue weighted by Gasteiger charge is 2.49. The van der Waals surface area contributed by atoms with Gasteiger partial charge in [0.05, 0.1) is 30.2 Å². The Morgan fingerprint density at radius 1 is 1.27 bits per heavy atom. The predicted octanol–water partition coefficient (Wildman–Crippen LogP) is 0.348. The number of nitrogens with zero attached hydrogens (tertiary/aromatic N) is 6. The zero-order valence-corrected chi connectivity index (χ0v) is 12.3. The minimum atomic E-state index is -0.153. The fourth-order valence-electron chi connectivity index (χ4n) is 3.26. The molecule has 8 nitrogen and oxygen atoms in total. The molecule has 2 atom stereocenters. The van der Waals surface area contributed by atoms with Crippen LogP contribution in [0.3, 0.4) is 0 Å². The average Bonchev–Trinajstić information content (AvgIpc) is 3.23. The largest absolute Gasteiger partial charge is 0.332 e. The van der Waals surface area contributed by atoms with Crippen molar-refractivity contribution in [3.8, 4) is 0 Å². The zero-order chi connectivity index (χ0) is 15.1. The molecule has 0 aliphatic carbocycles. The van der Waals surface area contributed by atoms with Gasteiger partial charge in [0.1, 0.15) is 6.33 Å². The topological polar surface area (TPSA) is 92.2 Å². The summed E-state index contributed by atoms with van der Waals surface area (Å²) in [6, 6.07) is -0.143. The third-order valence-electron chi connectivity index (χ3n) is 4.16. The molecule has 0 unspecified atom stereocenters. The van der Waals surface area contributed by atoms with E-state index in [0.717, 1.165) is 18.0 Å². The summed E-state index contributed by atoms with van der Waals surface area (Å²) < 4.78 is 3.73. The highest BCUT2D eigenvalue weighted by Crippen LogP contribution is 2.36. The molecule has 2 aliphatic rings. The van der Waals surface area contributed by atoms with Crippen LogP contribution in [0.15, 0.2) is 24.1 Å². The maximum Gasteiger partial charge on any atom is 0.275 e. The second-order valence-corrected chi connectivity index (χ2v) is 5.89. The number of hydrogen-bond donors (Lipinski definition) is 0. The predicted molar refractivity (Wildman–Crippen MR) is 77.3 cm³/mol. The van der Waals surface area contributed by atoms with Crippen molar-refractivity contribution in [2.45, 2.75) is 24.9 Å². The van der Waals surface area contributed by atoms with Crippen LogP contribution in [0.25, 0.3) is 0 Å². The first-order chi connectivity index (χ1) is 10.8. The highest BCUT2D eigenvalue weighted by atomic mass is 32.1. The molecule has 0 saturated carbocycles. The van der Waals surface area contributed by atoms with Gasteiger partial charge in [-0.15, -0.1) is 5.10 Å². The van der Waals surface area contributed by atoms with Crippen molar-refractivity contribution in [2.75, 3.05) is 11.4 Å². The van der Waals surface area contributed by atoms with Gasteiger partial charge in [0.15, 0.2) is 5.69 Å². The normalized spacial score (nSPS) is 23.9. The fraction of sp³-hybridized carbons (Fsp3) is 0.385. The number of amides is 2. The highest BCUT2D eigenvalue weighted by molar-refractivity contribution is 7.03. The number of likely N-dealkylation sites (tertiary alicyclic amines) is 1.